The van der Waals surface area contributed by atoms with E-state index in [1.165, 1.54) is 0 Å². The number of ketones is 1. The van der Waals surface area contributed by atoms with Crippen molar-refractivity contribution in [1.29, 1.82) is 0 Å². The number of hydrogen-bond donors (Lipinski definition) is 17. The average Bonchev–Trinajstić information content (AvgIpc) is 4.05. The van der Waals surface area contributed by atoms with E-state index in [0.29, 0.717) is 0 Å². The molecule has 0 aromatic carbocycles. The number of aliphatic hydroxyl groups excluding tert-OH is 12. The summed E-state index contributed by atoms with van der Waals surface area (Å²) in [6.45, 7) is -1.87. The molecule has 0 saturated carbocycles. The van der Waals surface area contributed by atoms with E-state index in [9.17, 15) is 87.2 Å². The first-order chi connectivity index (χ1) is 36.5. The zero-order valence-corrected chi connectivity index (χ0v) is 41.7. The van der Waals surface area contributed by atoms with Crippen molar-refractivity contribution in [3.8, 4) is 0 Å². The van der Waals surface area contributed by atoms with Gasteiger partial charge in [0, 0.05) is 66.1 Å². The van der Waals surface area contributed by atoms with Crippen LogP contribution in [0, 0.1) is 0 Å². The highest BCUT2D eigenvalue weighted by atomic mass is 19.2. The molecule has 8 heterocycles. The maximum absolute atomic E-state index is 14.9. The normalized spacial score (nSPS) is 42.5. The fourth-order valence-corrected chi connectivity index (χ4v) is 9.31. The summed E-state index contributed by atoms with van der Waals surface area (Å²) in [4.78, 5) is 73.1. The average molecular weight is 1150 g/mol. The smallest absolute Gasteiger partial charge is 0.349 e. The molecule has 0 aromatic heterocycles. The molecule has 8 aliphatic heterocycles. The van der Waals surface area contributed by atoms with Crippen LogP contribution in [0.5, 0.6) is 0 Å². The van der Waals surface area contributed by atoms with Crippen LogP contribution in [0.25, 0.3) is 0 Å². The third kappa shape index (κ3) is 12.3. The van der Waals surface area contributed by atoms with Crippen molar-refractivity contribution in [2.75, 3.05) is 66.8 Å². The molecule has 0 aliphatic carbocycles. The second-order valence-electron chi connectivity index (χ2n) is 18.6. The fourth-order valence-electron chi connectivity index (χ4n) is 9.31. The highest BCUT2D eigenvalue weighted by Gasteiger charge is 2.67. The number of methoxy groups -OCH3 is 2. The monoisotopic (exact) mass is 1150 g/mol. The number of rotatable bonds is 12. The van der Waals surface area contributed by atoms with Gasteiger partial charge in [0.05, 0.1) is 26.4 Å². The number of carboxylic acid groups (broad SMARTS) is 1. The Morgan fingerprint density at radius 1 is 0.487 bits per heavy atom. The van der Waals surface area contributed by atoms with Crippen molar-refractivity contribution in [1.82, 2.24) is 40.9 Å². The molecule has 17 N–H and O–H groups in total. The van der Waals surface area contributed by atoms with E-state index in [2.05, 4.69) is 30.7 Å². The lowest BCUT2D eigenvalue weighted by molar-refractivity contribution is -0.224. The summed E-state index contributed by atoms with van der Waals surface area (Å²) in [5.74, 6) is -8.25. The van der Waals surface area contributed by atoms with E-state index < -0.39 is 184 Å². The van der Waals surface area contributed by atoms with Crippen LogP contribution in [0.4, 0.5) is 36.7 Å². The third-order valence-corrected chi connectivity index (χ3v) is 13.8. The standard InChI is InChI=1S/C11H17FN2O6.C10H15FN2O7.2C10H17FN2O6/c1-5(16)11(12)8(18)6(4-15)20-9(11)14-3-2-7(17)13-10(14)19;11-10(8(17)18)6(16)4(3-14)20-7(10)13-2-1-5(15)12-9(13)19;2*1-18-10(11)7(16)5(4-14)19-8(10)13-3-2-6(15)12-9(13)17/h6-9,15,17-18H,2-4H2,1H3,(H,13,19);4-7,14-16H,1-3H2,(H,12,19)(H,17,18);2*5-8,14-16H,2-4H2,1H3,(H,12,17)/t6-,7?,8-,9?,11-;4-,5?,6-,7?,10+;5-,6?,7-,8?,10+;5-,6?,7-,8?,10-/m1111/s1. The van der Waals surface area contributed by atoms with E-state index >= 15 is 0 Å². The number of Topliss-reactive ketones (excluding diaryl/α,β-unsaturated/α-hetero) is 1. The summed E-state index contributed by atoms with van der Waals surface area (Å²) in [7, 11) is 2.08. The van der Waals surface area contributed by atoms with Gasteiger partial charge in [-0.15, -0.1) is 0 Å². The predicted octanol–water partition coefficient (Wildman–Crippen LogP) is -8.09. The van der Waals surface area contributed by atoms with Crippen molar-refractivity contribution in [2.24, 2.45) is 0 Å². The summed E-state index contributed by atoms with van der Waals surface area (Å²) in [6, 6.07) is -3.17. The first-order valence-electron chi connectivity index (χ1n) is 23.9. The lowest BCUT2D eigenvalue weighted by Crippen LogP contribution is -2.63. The minimum atomic E-state index is -3.26. The van der Waals surface area contributed by atoms with E-state index in [1.54, 1.807) is 0 Å². The molecule has 8 amide bonds. The summed E-state index contributed by atoms with van der Waals surface area (Å²) >= 11 is 0. The van der Waals surface area contributed by atoms with Crippen molar-refractivity contribution < 1.29 is 141 Å². The number of carboxylic acids is 1. The van der Waals surface area contributed by atoms with Gasteiger partial charge >= 0.3 is 30.1 Å². The van der Waals surface area contributed by atoms with Gasteiger partial charge in [0.2, 0.25) is 5.67 Å². The van der Waals surface area contributed by atoms with Gasteiger partial charge in [-0.2, -0.15) is 0 Å². The van der Waals surface area contributed by atoms with Gasteiger partial charge in [-0.25, -0.2) is 41.5 Å². The number of carbonyl (C=O) groups excluding carboxylic acids is 5. The van der Waals surface area contributed by atoms with Crippen LogP contribution in [0.15, 0.2) is 0 Å². The maximum atomic E-state index is 14.9. The number of urea groups is 4. The van der Waals surface area contributed by atoms with Gasteiger partial charge in [0.1, 0.15) is 73.7 Å². The Hall–Kier alpha value is -4.78. The zero-order chi connectivity index (χ0) is 58.6. The minimum absolute atomic E-state index is 0.0393. The van der Waals surface area contributed by atoms with Crippen molar-refractivity contribution in [3.05, 3.63) is 0 Å². The van der Waals surface area contributed by atoms with Crippen LogP contribution in [-0.2, 0) is 38.0 Å². The number of hydrogen-bond acceptors (Lipinski definition) is 24. The van der Waals surface area contributed by atoms with Crippen LogP contribution < -0.4 is 21.3 Å². The van der Waals surface area contributed by atoms with Gasteiger partial charge in [-0.05, 0) is 6.92 Å². The molecule has 8 aliphatic rings. The maximum Gasteiger partial charge on any atom is 0.349 e. The highest BCUT2D eigenvalue weighted by molar-refractivity contribution is 5.88. The van der Waals surface area contributed by atoms with Crippen LogP contribution in [0.2, 0.25) is 0 Å². The molecule has 0 bridgehead atoms. The molecule has 448 valence electrons. The molecule has 8 saturated heterocycles. The Bertz CT molecular complexity index is 1990. The zero-order valence-electron chi connectivity index (χ0n) is 41.7. The summed E-state index contributed by atoms with van der Waals surface area (Å²) < 4.78 is 88.4. The third-order valence-electron chi connectivity index (χ3n) is 13.8. The van der Waals surface area contributed by atoms with Crippen LogP contribution >= 0.6 is 0 Å². The number of amides is 8. The Morgan fingerprint density at radius 3 is 0.974 bits per heavy atom. The lowest BCUT2D eigenvalue weighted by Gasteiger charge is -2.38. The second-order valence-corrected chi connectivity index (χ2v) is 18.6. The molecule has 37 heteroatoms. The Balaban J connectivity index is 0.000000192. The molecular formula is C41H66F4N8O25. The number of aliphatic carboxylic acids is 1. The minimum Gasteiger partial charge on any atom is -0.479 e. The molecule has 0 aromatic rings. The SMILES string of the molecule is CC(=O)[C@]1(F)C(N2CCC(O)NC2=O)O[C@H](CO)[C@H]1O.CO[C@@]1(F)C(N2CCC(O)NC2=O)O[C@H](CO)[C@H]1O.CO[C@]1(F)C(N2CCC(O)NC2=O)O[C@H](CO)[C@H]1O.O=C1NC(O)CCN1C1O[C@H](CO)[C@@H](O)[C@@]1(F)C(=O)O. The van der Waals surface area contributed by atoms with Gasteiger partial charge in [-0.1, -0.05) is 0 Å². The van der Waals surface area contributed by atoms with Crippen LogP contribution in [0.3, 0.4) is 0 Å². The van der Waals surface area contributed by atoms with E-state index in [4.69, 9.17) is 44.5 Å². The van der Waals surface area contributed by atoms with Gasteiger partial charge in [0.25, 0.3) is 17.4 Å². The second kappa shape index (κ2) is 25.8. The van der Waals surface area contributed by atoms with Crippen LogP contribution in [-0.4, -0.2) is 310 Å². The number of carbonyl (C=O) groups is 6. The van der Waals surface area contributed by atoms with Crippen molar-refractivity contribution in [2.45, 2.75) is 154 Å². The first-order valence-corrected chi connectivity index (χ1v) is 23.9. The number of nitrogens with zero attached hydrogens (tertiary/aromatic N) is 4. The molecule has 33 nitrogen and oxygen atoms in total. The van der Waals surface area contributed by atoms with Crippen molar-refractivity contribution in [3.63, 3.8) is 0 Å². The molecule has 8 unspecified atom stereocenters. The van der Waals surface area contributed by atoms with E-state index in [0.717, 1.165) is 40.7 Å². The number of nitrogens with one attached hydrogen (secondary N) is 4. The Kier molecular flexibility index (Phi) is 21.2. The first kappa shape index (κ1) is 64.0. The van der Waals surface area contributed by atoms with Gasteiger partial charge < -0.3 is 116 Å². The van der Waals surface area contributed by atoms with Gasteiger partial charge in [-0.3, -0.25) is 24.4 Å². The highest BCUT2D eigenvalue weighted by Crippen LogP contribution is 2.42. The van der Waals surface area contributed by atoms with E-state index in [-0.39, 0.29) is 51.9 Å². The molecule has 0 spiro atoms. The quantitative estimate of drug-likeness (QED) is 0.0807. The number of ether oxygens (including phenoxy) is 6. The number of alkyl halides is 4. The molecule has 78 heavy (non-hydrogen) atoms. The molecule has 20 atom stereocenters. The van der Waals surface area contributed by atoms with Crippen LogP contribution in [0.1, 0.15) is 32.6 Å². The molecule has 8 rings (SSSR count). The number of halogens is 4. The van der Waals surface area contributed by atoms with Gasteiger partial charge in [0.15, 0.2) is 30.7 Å². The topological polar surface area (TPSA) is 482 Å². The van der Waals surface area contributed by atoms with Crippen molar-refractivity contribution >= 4 is 35.9 Å². The summed E-state index contributed by atoms with van der Waals surface area (Å²) in [5, 5.41) is 130. The summed E-state index contributed by atoms with van der Waals surface area (Å²) in [5.41, 5.74) is -6.07. The molecular weight excluding hydrogens is 1080 g/mol. The number of aliphatic hydroxyl groups is 12. The fraction of sp³-hybridized carbons (Fsp3) is 0.854. The van der Waals surface area contributed by atoms with E-state index in [1.807, 2.05) is 0 Å². The molecule has 8 fully saturated rings. The molecule has 0 radical (unpaired) electrons. The lowest BCUT2D eigenvalue weighted by atomic mass is 9.91. The Morgan fingerprint density at radius 2 is 0.731 bits per heavy atom. The Labute approximate surface area is 438 Å². The largest absolute Gasteiger partial charge is 0.479 e. The predicted molar refractivity (Wildman–Crippen MR) is 238 cm³/mol. The summed E-state index contributed by atoms with van der Waals surface area (Å²) in [6.07, 6.45) is -22.7.